The topological polar surface area (TPSA) is 24.5 Å². The van der Waals surface area contributed by atoms with Crippen LogP contribution in [0.25, 0.3) is 0 Å². The molecule has 0 amide bonds. The first-order valence-corrected chi connectivity index (χ1v) is 6.68. The summed E-state index contributed by atoms with van der Waals surface area (Å²) < 4.78 is 5.22. The average molecular weight is 228 g/mol. The normalized spacial score (nSPS) is 21.2. The number of rotatable bonds is 7. The van der Waals surface area contributed by atoms with Gasteiger partial charge in [0.25, 0.3) is 0 Å². The van der Waals surface area contributed by atoms with Gasteiger partial charge in [0, 0.05) is 20.3 Å². The second kappa shape index (κ2) is 8.04. The van der Waals surface area contributed by atoms with Crippen LogP contribution in [0.3, 0.4) is 0 Å². The van der Waals surface area contributed by atoms with Crippen molar-refractivity contribution in [2.45, 2.75) is 26.7 Å². The molecule has 0 bridgehead atoms. The molecule has 0 radical (unpaired) electrons. The lowest BCUT2D eigenvalue weighted by Crippen LogP contribution is -2.39. The van der Waals surface area contributed by atoms with Crippen LogP contribution in [0.4, 0.5) is 0 Å². The summed E-state index contributed by atoms with van der Waals surface area (Å²) in [6.45, 7) is 11.4. The molecule has 1 heterocycles. The van der Waals surface area contributed by atoms with Gasteiger partial charge in [0.1, 0.15) is 0 Å². The molecule has 0 saturated carbocycles. The highest BCUT2D eigenvalue weighted by Crippen LogP contribution is 2.17. The maximum atomic E-state index is 5.22. The first kappa shape index (κ1) is 13.9. The Morgan fingerprint density at radius 3 is 2.62 bits per heavy atom. The predicted octanol–water partition coefficient (Wildman–Crippen LogP) is 1.59. The average Bonchev–Trinajstić information content (AvgIpc) is 2.29. The molecular formula is C13H28N2O. The Hall–Kier alpha value is -0.120. The zero-order valence-electron chi connectivity index (χ0n) is 11.2. The van der Waals surface area contributed by atoms with E-state index in [2.05, 4.69) is 24.1 Å². The number of ether oxygens (including phenoxy) is 1. The Morgan fingerprint density at radius 2 is 2.06 bits per heavy atom. The number of nitrogens with zero attached hydrogens (tertiary/aromatic N) is 1. The highest BCUT2D eigenvalue weighted by Gasteiger charge is 2.19. The largest absolute Gasteiger partial charge is 0.384 e. The SMILES string of the molecule is CCNCC(C)CN1CCC(COC)CC1. The second-order valence-corrected chi connectivity index (χ2v) is 5.11. The fourth-order valence-electron chi connectivity index (χ4n) is 2.47. The summed E-state index contributed by atoms with van der Waals surface area (Å²) in [5.41, 5.74) is 0. The summed E-state index contributed by atoms with van der Waals surface area (Å²) in [5, 5.41) is 3.42. The smallest absolute Gasteiger partial charge is 0.0491 e. The minimum absolute atomic E-state index is 0.763. The van der Waals surface area contributed by atoms with E-state index < -0.39 is 0 Å². The first-order valence-electron chi connectivity index (χ1n) is 6.68. The third-order valence-electron chi connectivity index (χ3n) is 3.42. The summed E-state index contributed by atoms with van der Waals surface area (Å²) in [6, 6.07) is 0. The molecule has 3 heteroatoms. The quantitative estimate of drug-likeness (QED) is 0.716. The first-order chi connectivity index (χ1) is 7.76. The molecule has 1 aliphatic heterocycles. The Morgan fingerprint density at radius 1 is 1.38 bits per heavy atom. The lowest BCUT2D eigenvalue weighted by Gasteiger charge is -2.33. The van der Waals surface area contributed by atoms with Gasteiger partial charge in [0.15, 0.2) is 0 Å². The van der Waals surface area contributed by atoms with Crippen LogP contribution in [-0.2, 0) is 4.74 Å². The molecule has 0 aromatic heterocycles. The van der Waals surface area contributed by atoms with Gasteiger partial charge in [0.05, 0.1) is 0 Å². The van der Waals surface area contributed by atoms with Crippen LogP contribution in [0.5, 0.6) is 0 Å². The number of methoxy groups -OCH3 is 1. The Bertz CT molecular complexity index is 167. The highest BCUT2D eigenvalue weighted by molar-refractivity contribution is 4.73. The standard InChI is InChI=1S/C13H28N2O/c1-4-14-9-12(2)10-15-7-5-13(6-8-15)11-16-3/h12-14H,4-11H2,1-3H3. The molecule has 1 atom stereocenters. The molecule has 0 spiro atoms. The van der Waals surface area contributed by atoms with Crippen molar-refractivity contribution in [2.24, 2.45) is 11.8 Å². The molecule has 96 valence electrons. The van der Waals surface area contributed by atoms with E-state index in [0.717, 1.165) is 31.5 Å². The van der Waals surface area contributed by atoms with Crippen LogP contribution in [0.15, 0.2) is 0 Å². The van der Waals surface area contributed by atoms with Crippen LogP contribution in [0, 0.1) is 11.8 Å². The Labute approximate surface area is 101 Å². The van der Waals surface area contributed by atoms with Gasteiger partial charge in [-0.25, -0.2) is 0 Å². The van der Waals surface area contributed by atoms with Crippen LogP contribution in [0.2, 0.25) is 0 Å². The molecular weight excluding hydrogens is 200 g/mol. The maximum absolute atomic E-state index is 5.22. The van der Waals surface area contributed by atoms with Gasteiger partial charge in [0.2, 0.25) is 0 Å². The van der Waals surface area contributed by atoms with E-state index in [9.17, 15) is 0 Å². The van der Waals surface area contributed by atoms with Crippen LogP contribution >= 0.6 is 0 Å². The molecule has 0 aliphatic carbocycles. The molecule has 0 aromatic rings. The van der Waals surface area contributed by atoms with Crippen molar-refractivity contribution in [3.05, 3.63) is 0 Å². The third-order valence-corrected chi connectivity index (χ3v) is 3.42. The second-order valence-electron chi connectivity index (χ2n) is 5.11. The lowest BCUT2D eigenvalue weighted by atomic mass is 9.97. The summed E-state index contributed by atoms with van der Waals surface area (Å²) in [5.74, 6) is 1.56. The summed E-state index contributed by atoms with van der Waals surface area (Å²) in [6.07, 6.45) is 2.61. The summed E-state index contributed by atoms with van der Waals surface area (Å²) in [7, 11) is 1.81. The van der Waals surface area contributed by atoms with Crippen molar-refractivity contribution in [1.82, 2.24) is 10.2 Å². The van der Waals surface area contributed by atoms with Crippen molar-refractivity contribution in [2.75, 3.05) is 46.4 Å². The van der Waals surface area contributed by atoms with Crippen LogP contribution < -0.4 is 5.32 Å². The van der Waals surface area contributed by atoms with E-state index >= 15 is 0 Å². The van der Waals surface area contributed by atoms with E-state index in [4.69, 9.17) is 4.74 Å². The molecule has 1 aliphatic rings. The van der Waals surface area contributed by atoms with E-state index in [1.54, 1.807) is 0 Å². The molecule has 1 rings (SSSR count). The molecule has 1 unspecified atom stereocenters. The molecule has 1 fully saturated rings. The highest BCUT2D eigenvalue weighted by atomic mass is 16.5. The number of piperidine rings is 1. The van der Waals surface area contributed by atoms with Gasteiger partial charge >= 0.3 is 0 Å². The molecule has 1 N–H and O–H groups in total. The fourth-order valence-corrected chi connectivity index (χ4v) is 2.47. The number of hydrogen-bond acceptors (Lipinski definition) is 3. The summed E-state index contributed by atoms with van der Waals surface area (Å²) >= 11 is 0. The van der Waals surface area contributed by atoms with Crippen molar-refractivity contribution in [3.8, 4) is 0 Å². The van der Waals surface area contributed by atoms with Crippen molar-refractivity contribution in [3.63, 3.8) is 0 Å². The van der Waals surface area contributed by atoms with E-state index in [-0.39, 0.29) is 0 Å². The fraction of sp³-hybridized carbons (Fsp3) is 1.00. The van der Waals surface area contributed by atoms with E-state index in [0.29, 0.717) is 0 Å². The number of likely N-dealkylation sites (tertiary alicyclic amines) is 1. The van der Waals surface area contributed by atoms with Gasteiger partial charge in [-0.3, -0.25) is 0 Å². The van der Waals surface area contributed by atoms with Crippen molar-refractivity contribution >= 4 is 0 Å². The third kappa shape index (κ3) is 5.28. The van der Waals surface area contributed by atoms with Crippen LogP contribution in [0.1, 0.15) is 26.7 Å². The number of nitrogens with one attached hydrogen (secondary N) is 1. The van der Waals surface area contributed by atoms with Crippen molar-refractivity contribution in [1.29, 1.82) is 0 Å². The molecule has 1 saturated heterocycles. The van der Waals surface area contributed by atoms with Gasteiger partial charge in [-0.05, 0) is 50.9 Å². The molecule has 0 aromatic carbocycles. The zero-order chi connectivity index (χ0) is 11.8. The van der Waals surface area contributed by atoms with Gasteiger partial charge in [-0.1, -0.05) is 13.8 Å². The minimum Gasteiger partial charge on any atom is -0.384 e. The Kier molecular flexibility index (Phi) is 7.01. The summed E-state index contributed by atoms with van der Waals surface area (Å²) in [4.78, 5) is 2.61. The zero-order valence-corrected chi connectivity index (χ0v) is 11.2. The number of hydrogen-bond donors (Lipinski definition) is 1. The minimum atomic E-state index is 0.763. The Balaban J connectivity index is 2.11. The lowest BCUT2D eigenvalue weighted by molar-refractivity contribution is 0.0936. The monoisotopic (exact) mass is 228 g/mol. The van der Waals surface area contributed by atoms with Gasteiger partial charge in [-0.15, -0.1) is 0 Å². The van der Waals surface area contributed by atoms with Gasteiger partial charge < -0.3 is 15.0 Å². The van der Waals surface area contributed by atoms with Gasteiger partial charge in [-0.2, -0.15) is 0 Å². The molecule has 16 heavy (non-hydrogen) atoms. The van der Waals surface area contributed by atoms with E-state index in [1.807, 2.05) is 7.11 Å². The maximum Gasteiger partial charge on any atom is 0.0491 e. The van der Waals surface area contributed by atoms with Crippen molar-refractivity contribution < 1.29 is 4.74 Å². The molecule has 3 nitrogen and oxygen atoms in total. The van der Waals surface area contributed by atoms with E-state index in [1.165, 1.54) is 32.5 Å². The predicted molar refractivity (Wildman–Crippen MR) is 68.7 cm³/mol. The van der Waals surface area contributed by atoms with Crippen LogP contribution in [-0.4, -0.2) is 51.3 Å².